The van der Waals surface area contributed by atoms with Gasteiger partial charge in [0.1, 0.15) is 5.82 Å². The van der Waals surface area contributed by atoms with E-state index in [2.05, 4.69) is 30.1 Å². The molecule has 0 radical (unpaired) electrons. The summed E-state index contributed by atoms with van der Waals surface area (Å²) in [6.07, 6.45) is 0.970. The molecule has 1 heterocycles. The number of hydrogen-bond acceptors (Lipinski definition) is 4. The molecule has 0 fully saturated rings. The second kappa shape index (κ2) is 7.87. The number of para-hydroxylation sites is 1. The number of aromatic nitrogens is 3. The van der Waals surface area contributed by atoms with E-state index < -0.39 is 0 Å². The fourth-order valence-corrected chi connectivity index (χ4v) is 3.85. The van der Waals surface area contributed by atoms with E-state index in [1.54, 1.807) is 0 Å². The summed E-state index contributed by atoms with van der Waals surface area (Å²) in [5, 5.41) is 9.02. The van der Waals surface area contributed by atoms with E-state index in [1.807, 2.05) is 60.9 Å². The Bertz CT molecular complexity index is 915. The molecule has 3 aromatic rings. The number of benzene rings is 2. The Hall–Kier alpha value is -2.40. The Labute approximate surface area is 158 Å². The molecule has 0 spiro atoms. The van der Waals surface area contributed by atoms with Gasteiger partial charge in [-0.3, -0.25) is 9.36 Å². The molecule has 1 atom stereocenters. The van der Waals surface area contributed by atoms with Crippen molar-refractivity contribution in [3.8, 4) is 5.69 Å². The Morgan fingerprint density at radius 1 is 1.08 bits per heavy atom. The lowest BCUT2D eigenvalue weighted by atomic mass is 10.1. The number of rotatable bonds is 6. The van der Waals surface area contributed by atoms with Gasteiger partial charge in [-0.05, 0) is 44.4 Å². The number of carbonyl (C=O) groups excluding carboxylic acids is 1. The molecule has 26 heavy (non-hydrogen) atoms. The monoisotopic (exact) mass is 365 g/mol. The lowest BCUT2D eigenvalue weighted by Crippen LogP contribution is -2.15. The van der Waals surface area contributed by atoms with Crippen LogP contribution in [0.25, 0.3) is 5.69 Å². The number of aryl methyl sites for hydroxylation is 3. The third kappa shape index (κ3) is 3.73. The van der Waals surface area contributed by atoms with Gasteiger partial charge in [0.2, 0.25) is 0 Å². The van der Waals surface area contributed by atoms with Crippen molar-refractivity contribution in [3.63, 3.8) is 0 Å². The van der Waals surface area contributed by atoms with Crippen LogP contribution in [0.3, 0.4) is 0 Å². The molecule has 3 rings (SSSR count). The first-order chi connectivity index (χ1) is 12.5. The van der Waals surface area contributed by atoms with Crippen molar-refractivity contribution in [1.82, 2.24) is 14.8 Å². The van der Waals surface area contributed by atoms with Gasteiger partial charge in [0, 0.05) is 5.56 Å². The molecule has 0 saturated carbocycles. The minimum atomic E-state index is -0.242. The summed E-state index contributed by atoms with van der Waals surface area (Å²) < 4.78 is 2.02. The number of carbonyl (C=O) groups is 1. The van der Waals surface area contributed by atoms with Gasteiger partial charge in [-0.25, -0.2) is 0 Å². The van der Waals surface area contributed by atoms with Gasteiger partial charge in [0.15, 0.2) is 10.9 Å². The molecular weight excluding hydrogens is 342 g/mol. The molecule has 134 valence electrons. The average molecular weight is 366 g/mol. The van der Waals surface area contributed by atoms with Crippen molar-refractivity contribution in [2.75, 3.05) is 0 Å². The second-order valence-corrected chi connectivity index (χ2v) is 7.63. The standard InChI is InChI=1S/C21H23N3OS/c1-5-17-10-12-18(13-11-17)20(25)15(3)26-21-23-22-16(4)24(21)19-9-7-6-8-14(19)2/h6-13,15H,5H2,1-4H3. The van der Waals surface area contributed by atoms with Crippen LogP contribution in [0.15, 0.2) is 53.7 Å². The topological polar surface area (TPSA) is 47.8 Å². The minimum Gasteiger partial charge on any atom is -0.293 e. The first-order valence-electron chi connectivity index (χ1n) is 8.79. The second-order valence-electron chi connectivity index (χ2n) is 6.33. The molecule has 0 saturated heterocycles. The number of ketones is 1. The predicted octanol–water partition coefficient (Wildman–Crippen LogP) is 4.81. The SMILES string of the molecule is CCc1ccc(C(=O)C(C)Sc2nnc(C)n2-c2ccccc2C)cc1. The van der Waals surface area contributed by atoms with E-state index in [0.717, 1.165) is 34.2 Å². The molecule has 1 aromatic heterocycles. The first-order valence-corrected chi connectivity index (χ1v) is 9.67. The third-order valence-electron chi connectivity index (χ3n) is 4.45. The van der Waals surface area contributed by atoms with E-state index in [4.69, 9.17) is 0 Å². The highest BCUT2D eigenvalue weighted by Crippen LogP contribution is 2.28. The van der Waals surface area contributed by atoms with E-state index >= 15 is 0 Å². The zero-order valence-electron chi connectivity index (χ0n) is 15.6. The van der Waals surface area contributed by atoms with Crippen LogP contribution in [0, 0.1) is 13.8 Å². The van der Waals surface area contributed by atoms with Crippen molar-refractivity contribution in [1.29, 1.82) is 0 Å². The van der Waals surface area contributed by atoms with E-state index in [-0.39, 0.29) is 11.0 Å². The van der Waals surface area contributed by atoms with Crippen LogP contribution in [-0.2, 0) is 6.42 Å². The zero-order chi connectivity index (χ0) is 18.7. The zero-order valence-corrected chi connectivity index (χ0v) is 16.4. The Kier molecular flexibility index (Phi) is 5.57. The van der Waals surface area contributed by atoms with Gasteiger partial charge in [-0.15, -0.1) is 10.2 Å². The molecule has 0 aliphatic heterocycles. The van der Waals surface area contributed by atoms with Crippen molar-refractivity contribution < 1.29 is 4.79 Å². The molecule has 0 aliphatic rings. The van der Waals surface area contributed by atoms with Crippen LogP contribution in [0.1, 0.15) is 41.2 Å². The van der Waals surface area contributed by atoms with Gasteiger partial charge in [0.25, 0.3) is 0 Å². The first kappa shape index (κ1) is 18.4. The van der Waals surface area contributed by atoms with Crippen LogP contribution < -0.4 is 0 Å². The average Bonchev–Trinajstić information content (AvgIpc) is 3.01. The Morgan fingerprint density at radius 3 is 2.42 bits per heavy atom. The highest BCUT2D eigenvalue weighted by molar-refractivity contribution is 8.00. The van der Waals surface area contributed by atoms with Crippen LogP contribution in [0.4, 0.5) is 0 Å². The largest absolute Gasteiger partial charge is 0.293 e. The molecule has 0 bridgehead atoms. The van der Waals surface area contributed by atoms with Crippen molar-refractivity contribution in [3.05, 3.63) is 71.0 Å². The maximum absolute atomic E-state index is 12.8. The molecule has 0 amide bonds. The highest BCUT2D eigenvalue weighted by atomic mass is 32.2. The molecule has 0 aliphatic carbocycles. The van der Waals surface area contributed by atoms with Crippen LogP contribution in [0.5, 0.6) is 0 Å². The van der Waals surface area contributed by atoms with E-state index in [9.17, 15) is 4.79 Å². The fraction of sp³-hybridized carbons (Fsp3) is 0.286. The minimum absolute atomic E-state index is 0.106. The van der Waals surface area contributed by atoms with Crippen LogP contribution >= 0.6 is 11.8 Å². The normalized spacial score (nSPS) is 12.2. The lowest BCUT2D eigenvalue weighted by Gasteiger charge is -2.14. The van der Waals surface area contributed by atoms with Gasteiger partial charge in [-0.1, -0.05) is 61.2 Å². The smallest absolute Gasteiger partial charge is 0.196 e. The predicted molar refractivity (Wildman–Crippen MR) is 106 cm³/mol. The number of hydrogen-bond donors (Lipinski definition) is 0. The Balaban J connectivity index is 1.85. The quantitative estimate of drug-likeness (QED) is 0.464. The van der Waals surface area contributed by atoms with Gasteiger partial charge in [0.05, 0.1) is 10.9 Å². The highest BCUT2D eigenvalue weighted by Gasteiger charge is 2.21. The number of thioether (sulfide) groups is 1. The fourth-order valence-electron chi connectivity index (χ4n) is 2.86. The molecule has 5 heteroatoms. The van der Waals surface area contributed by atoms with Crippen molar-refractivity contribution in [2.24, 2.45) is 0 Å². The molecule has 0 N–H and O–H groups in total. The summed E-state index contributed by atoms with van der Waals surface area (Å²) in [5.74, 6) is 0.920. The molecule has 4 nitrogen and oxygen atoms in total. The summed E-state index contributed by atoms with van der Waals surface area (Å²) in [6.45, 7) is 8.02. The number of nitrogens with zero attached hydrogens (tertiary/aromatic N) is 3. The third-order valence-corrected chi connectivity index (χ3v) is 5.49. The van der Waals surface area contributed by atoms with Crippen LogP contribution in [0.2, 0.25) is 0 Å². The van der Waals surface area contributed by atoms with Gasteiger partial charge in [-0.2, -0.15) is 0 Å². The summed E-state index contributed by atoms with van der Waals surface area (Å²) >= 11 is 1.45. The maximum Gasteiger partial charge on any atom is 0.196 e. The number of Topliss-reactive ketones (excluding diaryl/α,β-unsaturated/α-hetero) is 1. The maximum atomic E-state index is 12.8. The summed E-state index contributed by atoms with van der Waals surface area (Å²) in [6, 6.07) is 16.0. The van der Waals surface area contributed by atoms with Crippen molar-refractivity contribution >= 4 is 17.5 Å². The summed E-state index contributed by atoms with van der Waals surface area (Å²) in [7, 11) is 0. The van der Waals surface area contributed by atoms with Crippen LogP contribution in [-0.4, -0.2) is 25.8 Å². The summed E-state index contributed by atoms with van der Waals surface area (Å²) in [5.41, 5.74) is 4.16. The molecule has 1 unspecified atom stereocenters. The van der Waals surface area contributed by atoms with E-state index in [0.29, 0.717) is 0 Å². The van der Waals surface area contributed by atoms with Gasteiger partial charge < -0.3 is 0 Å². The molecule has 2 aromatic carbocycles. The lowest BCUT2D eigenvalue weighted by molar-refractivity contribution is 0.0994. The molecular formula is C21H23N3OS. The Morgan fingerprint density at radius 2 is 1.77 bits per heavy atom. The van der Waals surface area contributed by atoms with E-state index in [1.165, 1.54) is 17.3 Å². The van der Waals surface area contributed by atoms with Crippen molar-refractivity contribution in [2.45, 2.75) is 44.5 Å². The summed E-state index contributed by atoms with van der Waals surface area (Å²) in [4.78, 5) is 12.8. The van der Waals surface area contributed by atoms with Gasteiger partial charge >= 0.3 is 0 Å².